The first-order chi connectivity index (χ1) is 9.54. The lowest BCUT2D eigenvalue weighted by Crippen LogP contribution is -2.18. The third kappa shape index (κ3) is 4.07. The van der Waals surface area contributed by atoms with Crippen LogP contribution < -0.4 is 10.5 Å². The van der Waals surface area contributed by atoms with E-state index in [1.165, 1.54) is 17.7 Å². The molecule has 20 heavy (non-hydrogen) atoms. The maximum absolute atomic E-state index is 13.1. The molecule has 0 saturated heterocycles. The molecule has 2 N–H and O–H groups in total. The van der Waals surface area contributed by atoms with Gasteiger partial charge < -0.3 is 10.5 Å². The minimum absolute atomic E-state index is 0.0771. The van der Waals surface area contributed by atoms with Crippen LogP contribution in [0.25, 0.3) is 0 Å². The standard InChI is InChI=1S/C17H20FNO/c1-12-6-7-17(15(8-12)9-13(2)19)20-11-14-4-3-5-16(18)10-14/h3-8,10,13H,9,11,19H2,1-2H3. The molecule has 2 rings (SSSR count). The van der Waals surface area contributed by atoms with Crippen LogP contribution in [-0.4, -0.2) is 6.04 Å². The first-order valence-corrected chi connectivity index (χ1v) is 6.77. The topological polar surface area (TPSA) is 35.2 Å². The molecule has 2 aromatic carbocycles. The third-order valence-corrected chi connectivity index (χ3v) is 3.04. The molecule has 0 radical (unpaired) electrons. The van der Waals surface area contributed by atoms with Crippen molar-refractivity contribution in [2.24, 2.45) is 5.73 Å². The second kappa shape index (κ2) is 6.53. The van der Waals surface area contributed by atoms with Crippen molar-refractivity contribution in [1.82, 2.24) is 0 Å². The van der Waals surface area contributed by atoms with Gasteiger partial charge in [-0.15, -0.1) is 0 Å². The second-order valence-electron chi connectivity index (χ2n) is 5.21. The normalized spacial score (nSPS) is 12.2. The van der Waals surface area contributed by atoms with E-state index in [1.54, 1.807) is 6.07 Å². The molecule has 0 aromatic heterocycles. The van der Waals surface area contributed by atoms with Crippen molar-refractivity contribution in [2.75, 3.05) is 0 Å². The lowest BCUT2D eigenvalue weighted by atomic mass is 10.0. The van der Waals surface area contributed by atoms with Gasteiger partial charge in [-0.3, -0.25) is 0 Å². The number of halogens is 1. The fourth-order valence-electron chi connectivity index (χ4n) is 2.14. The Labute approximate surface area is 119 Å². The van der Waals surface area contributed by atoms with Crippen LogP contribution in [0, 0.1) is 12.7 Å². The molecule has 1 unspecified atom stereocenters. The Morgan fingerprint density at radius 3 is 2.70 bits per heavy atom. The highest BCUT2D eigenvalue weighted by atomic mass is 19.1. The van der Waals surface area contributed by atoms with E-state index in [0.717, 1.165) is 23.3 Å². The summed E-state index contributed by atoms with van der Waals surface area (Å²) in [4.78, 5) is 0. The van der Waals surface area contributed by atoms with Crippen LogP contribution in [0.2, 0.25) is 0 Å². The number of ether oxygens (including phenoxy) is 1. The van der Waals surface area contributed by atoms with E-state index >= 15 is 0 Å². The van der Waals surface area contributed by atoms with Crippen LogP contribution in [-0.2, 0) is 13.0 Å². The first kappa shape index (κ1) is 14.5. The van der Waals surface area contributed by atoms with E-state index in [2.05, 4.69) is 6.07 Å². The summed E-state index contributed by atoms with van der Waals surface area (Å²) in [6.45, 7) is 4.37. The minimum Gasteiger partial charge on any atom is -0.489 e. The quantitative estimate of drug-likeness (QED) is 0.903. The molecule has 106 valence electrons. The summed E-state index contributed by atoms with van der Waals surface area (Å²) < 4.78 is 18.9. The fourth-order valence-corrected chi connectivity index (χ4v) is 2.14. The SMILES string of the molecule is Cc1ccc(OCc2cccc(F)c2)c(CC(C)N)c1. The molecule has 0 heterocycles. The highest BCUT2D eigenvalue weighted by Gasteiger charge is 2.07. The fraction of sp³-hybridized carbons (Fsp3) is 0.294. The molecule has 0 fully saturated rings. The maximum Gasteiger partial charge on any atom is 0.123 e. The Morgan fingerprint density at radius 2 is 2.00 bits per heavy atom. The first-order valence-electron chi connectivity index (χ1n) is 6.77. The number of benzene rings is 2. The van der Waals surface area contributed by atoms with E-state index in [9.17, 15) is 4.39 Å². The Bertz CT molecular complexity index is 581. The van der Waals surface area contributed by atoms with Gasteiger partial charge in [-0.1, -0.05) is 29.8 Å². The predicted octanol–water partition coefficient (Wildman–Crippen LogP) is 3.60. The van der Waals surface area contributed by atoms with Gasteiger partial charge >= 0.3 is 0 Å². The number of hydrogen-bond donors (Lipinski definition) is 1. The summed E-state index contributed by atoms with van der Waals surface area (Å²) in [5.41, 5.74) is 8.96. The van der Waals surface area contributed by atoms with Crippen LogP contribution in [0.5, 0.6) is 5.75 Å². The number of hydrogen-bond acceptors (Lipinski definition) is 2. The maximum atomic E-state index is 13.1. The van der Waals surface area contributed by atoms with Crippen molar-refractivity contribution in [2.45, 2.75) is 32.9 Å². The van der Waals surface area contributed by atoms with Gasteiger partial charge in [-0.25, -0.2) is 4.39 Å². The minimum atomic E-state index is -0.245. The zero-order valence-electron chi connectivity index (χ0n) is 11.9. The average molecular weight is 273 g/mol. The molecule has 3 heteroatoms. The van der Waals surface area contributed by atoms with Crippen molar-refractivity contribution in [3.63, 3.8) is 0 Å². The Balaban J connectivity index is 2.12. The van der Waals surface area contributed by atoms with Crippen LogP contribution in [0.3, 0.4) is 0 Å². The van der Waals surface area contributed by atoms with Crippen molar-refractivity contribution < 1.29 is 9.13 Å². The van der Waals surface area contributed by atoms with Gasteiger partial charge in [0.15, 0.2) is 0 Å². The summed E-state index contributed by atoms with van der Waals surface area (Å²) in [6, 6.07) is 12.6. The van der Waals surface area contributed by atoms with Gasteiger partial charge in [0.1, 0.15) is 18.2 Å². The van der Waals surface area contributed by atoms with Crippen LogP contribution >= 0.6 is 0 Å². The van der Waals surface area contributed by atoms with Gasteiger partial charge in [-0.2, -0.15) is 0 Å². The Kier molecular flexibility index (Phi) is 4.74. The second-order valence-corrected chi connectivity index (χ2v) is 5.21. The van der Waals surface area contributed by atoms with Gasteiger partial charge in [-0.05, 0) is 49.6 Å². The van der Waals surface area contributed by atoms with E-state index in [1.807, 2.05) is 32.0 Å². The lowest BCUT2D eigenvalue weighted by Gasteiger charge is -2.14. The third-order valence-electron chi connectivity index (χ3n) is 3.04. The van der Waals surface area contributed by atoms with Crippen molar-refractivity contribution >= 4 is 0 Å². The van der Waals surface area contributed by atoms with E-state index < -0.39 is 0 Å². The number of nitrogens with two attached hydrogens (primary N) is 1. The monoisotopic (exact) mass is 273 g/mol. The van der Waals surface area contributed by atoms with Gasteiger partial charge in [0.2, 0.25) is 0 Å². The van der Waals surface area contributed by atoms with Gasteiger partial charge in [0.05, 0.1) is 0 Å². The molecule has 1 atom stereocenters. The summed E-state index contributed by atoms with van der Waals surface area (Å²) in [6.07, 6.45) is 0.764. The van der Waals surface area contributed by atoms with Crippen LogP contribution in [0.1, 0.15) is 23.6 Å². The highest BCUT2D eigenvalue weighted by molar-refractivity contribution is 5.37. The molecule has 0 saturated carbocycles. The van der Waals surface area contributed by atoms with E-state index in [0.29, 0.717) is 6.61 Å². The molecular weight excluding hydrogens is 253 g/mol. The predicted molar refractivity (Wildman–Crippen MR) is 79.3 cm³/mol. The van der Waals surface area contributed by atoms with Crippen molar-refractivity contribution in [3.8, 4) is 5.75 Å². The number of rotatable bonds is 5. The summed E-state index contributed by atoms with van der Waals surface area (Å²) >= 11 is 0. The number of aryl methyl sites for hydroxylation is 1. The van der Waals surface area contributed by atoms with Crippen LogP contribution in [0.4, 0.5) is 4.39 Å². The Morgan fingerprint density at radius 1 is 1.20 bits per heavy atom. The molecular formula is C17H20FNO. The molecule has 0 amide bonds. The molecule has 0 aliphatic carbocycles. The highest BCUT2D eigenvalue weighted by Crippen LogP contribution is 2.22. The largest absolute Gasteiger partial charge is 0.489 e. The summed E-state index contributed by atoms with van der Waals surface area (Å²) in [5.74, 6) is 0.572. The molecule has 0 spiro atoms. The lowest BCUT2D eigenvalue weighted by molar-refractivity contribution is 0.301. The molecule has 0 bridgehead atoms. The molecule has 2 aromatic rings. The van der Waals surface area contributed by atoms with E-state index in [4.69, 9.17) is 10.5 Å². The van der Waals surface area contributed by atoms with Gasteiger partial charge in [0, 0.05) is 6.04 Å². The zero-order chi connectivity index (χ0) is 14.5. The van der Waals surface area contributed by atoms with Crippen molar-refractivity contribution in [3.05, 3.63) is 65.0 Å². The van der Waals surface area contributed by atoms with Crippen molar-refractivity contribution in [1.29, 1.82) is 0 Å². The Hall–Kier alpha value is -1.87. The summed E-state index contributed by atoms with van der Waals surface area (Å²) in [5, 5.41) is 0. The molecule has 2 nitrogen and oxygen atoms in total. The van der Waals surface area contributed by atoms with E-state index in [-0.39, 0.29) is 11.9 Å². The van der Waals surface area contributed by atoms with Gasteiger partial charge in [0.25, 0.3) is 0 Å². The molecule has 0 aliphatic rings. The smallest absolute Gasteiger partial charge is 0.123 e. The average Bonchev–Trinajstić information content (AvgIpc) is 2.37. The zero-order valence-corrected chi connectivity index (χ0v) is 11.9. The van der Waals surface area contributed by atoms with Crippen LogP contribution in [0.15, 0.2) is 42.5 Å². The molecule has 0 aliphatic heterocycles. The summed E-state index contributed by atoms with van der Waals surface area (Å²) in [7, 11) is 0.